The van der Waals surface area contributed by atoms with Gasteiger partial charge in [0.15, 0.2) is 0 Å². The first-order chi connectivity index (χ1) is 11.7. The van der Waals surface area contributed by atoms with Crippen LogP contribution in [0.1, 0.15) is 18.4 Å². The van der Waals surface area contributed by atoms with E-state index in [9.17, 15) is 5.11 Å². The second kappa shape index (κ2) is 5.32. The number of nitrogens with zero attached hydrogens (tertiary/aromatic N) is 1. The Labute approximate surface area is 145 Å². The Kier molecular flexibility index (Phi) is 3.21. The van der Waals surface area contributed by atoms with E-state index in [1.807, 2.05) is 11.3 Å². The van der Waals surface area contributed by atoms with Crippen molar-refractivity contribution in [3.8, 4) is 11.8 Å². The molecule has 2 aromatic carbocycles. The summed E-state index contributed by atoms with van der Waals surface area (Å²) in [6.45, 7) is 2.93. The van der Waals surface area contributed by atoms with Crippen LogP contribution >= 0.6 is 11.3 Å². The minimum absolute atomic E-state index is 0.334. The third kappa shape index (κ3) is 2.26. The van der Waals surface area contributed by atoms with Crippen LogP contribution in [0.5, 0.6) is 0 Å². The molecular weight excluding hydrogens is 314 g/mol. The maximum Gasteiger partial charge on any atom is 0.141 e. The monoisotopic (exact) mass is 333 g/mol. The summed E-state index contributed by atoms with van der Waals surface area (Å²) < 4.78 is 2.61. The fourth-order valence-electron chi connectivity index (χ4n) is 4.16. The van der Waals surface area contributed by atoms with Crippen molar-refractivity contribution >= 4 is 31.5 Å². The van der Waals surface area contributed by atoms with Crippen LogP contribution in [0.25, 0.3) is 20.2 Å². The first kappa shape index (κ1) is 14.5. The SMILES string of the molecule is OC1(C#Cc2ccc3sc4ccccc4c3c2)CN2CCC1CC2. The summed E-state index contributed by atoms with van der Waals surface area (Å²) in [5.41, 5.74) is 0.165. The summed E-state index contributed by atoms with van der Waals surface area (Å²) in [6, 6.07) is 14.9. The van der Waals surface area contributed by atoms with E-state index in [1.54, 1.807) is 0 Å². The number of hydrogen-bond donors (Lipinski definition) is 1. The van der Waals surface area contributed by atoms with Crippen molar-refractivity contribution in [1.82, 2.24) is 4.90 Å². The van der Waals surface area contributed by atoms with Gasteiger partial charge in [0, 0.05) is 38.2 Å². The van der Waals surface area contributed by atoms with E-state index < -0.39 is 5.60 Å². The molecule has 3 fully saturated rings. The van der Waals surface area contributed by atoms with Gasteiger partial charge in [0.05, 0.1) is 0 Å². The lowest BCUT2D eigenvalue weighted by atomic mass is 9.76. The van der Waals surface area contributed by atoms with Crippen LogP contribution in [0.3, 0.4) is 0 Å². The molecule has 0 saturated carbocycles. The molecule has 1 N–H and O–H groups in total. The highest BCUT2D eigenvalue weighted by Crippen LogP contribution is 2.36. The Morgan fingerprint density at radius 2 is 1.83 bits per heavy atom. The third-order valence-electron chi connectivity index (χ3n) is 5.53. The highest BCUT2D eigenvalue weighted by molar-refractivity contribution is 7.25. The summed E-state index contributed by atoms with van der Waals surface area (Å²) in [5.74, 6) is 6.82. The Balaban J connectivity index is 1.55. The number of piperidine rings is 3. The zero-order chi connectivity index (χ0) is 16.1. The molecule has 4 heterocycles. The summed E-state index contributed by atoms with van der Waals surface area (Å²) in [5, 5.41) is 13.5. The topological polar surface area (TPSA) is 23.5 Å². The summed E-state index contributed by atoms with van der Waals surface area (Å²) >= 11 is 1.82. The molecule has 6 rings (SSSR count). The first-order valence-corrected chi connectivity index (χ1v) is 9.42. The normalized spacial score (nSPS) is 28.9. The van der Waals surface area contributed by atoms with Crippen LogP contribution in [0.2, 0.25) is 0 Å². The van der Waals surface area contributed by atoms with Crippen LogP contribution in [0.4, 0.5) is 0 Å². The van der Waals surface area contributed by atoms with E-state index in [0.717, 1.165) is 31.5 Å². The van der Waals surface area contributed by atoms with Crippen LogP contribution in [-0.2, 0) is 0 Å². The largest absolute Gasteiger partial charge is 0.376 e. The molecular formula is C21H19NOS. The average molecular weight is 333 g/mol. The van der Waals surface area contributed by atoms with Gasteiger partial charge >= 0.3 is 0 Å². The molecule has 3 heteroatoms. The van der Waals surface area contributed by atoms with Crippen molar-refractivity contribution in [1.29, 1.82) is 0 Å². The number of hydrogen-bond acceptors (Lipinski definition) is 3. The van der Waals surface area contributed by atoms with Gasteiger partial charge in [-0.3, -0.25) is 4.90 Å². The van der Waals surface area contributed by atoms with Crippen LogP contribution in [-0.4, -0.2) is 35.2 Å². The van der Waals surface area contributed by atoms with E-state index in [2.05, 4.69) is 59.2 Å². The molecule has 24 heavy (non-hydrogen) atoms. The lowest BCUT2D eigenvalue weighted by Crippen LogP contribution is -2.58. The molecule has 3 saturated heterocycles. The summed E-state index contributed by atoms with van der Waals surface area (Å²) in [7, 11) is 0. The summed E-state index contributed by atoms with van der Waals surface area (Å²) in [6.07, 6.45) is 2.14. The molecule has 3 aliphatic rings. The van der Waals surface area contributed by atoms with E-state index in [0.29, 0.717) is 12.5 Å². The van der Waals surface area contributed by atoms with Gasteiger partial charge < -0.3 is 5.11 Å². The number of fused-ring (bicyclic) bond motifs is 6. The van der Waals surface area contributed by atoms with Crippen LogP contribution in [0.15, 0.2) is 42.5 Å². The van der Waals surface area contributed by atoms with E-state index in [4.69, 9.17) is 0 Å². The molecule has 3 aliphatic heterocycles. The molecule has 3 aromatic rings. The Morgan fingerprint density at radius 3 is 2.62 bits per heavy atom. The minimum atomic E-state index is -0.831. The van der Waals surface area contributed by atoms with Crippen LogP contribution in [0, 0.1) is 17.8 Å². The fourth-order valence-corrected chi connectivity index (χ4v) is 5.25. The molecule has 1 aromatic heterocycles. The van der Waals surface area contributed by atoms with Crippen molar-refractivity contribution in [2.45, 2.75) is 18.4 Å². The fraction of sp³-hybridized carbons (Fsp3) is 0.333. The molecule has 0 radical (unpaired) electrons. The Bertz CT molecular complexity index is 987. The van der Waals surface area contributed by atoms with Gasteiger partial charge in [-0.05, 0) is 50.2 Å². The minimum Gasteiger partial charge on any atom is -0.376 e. The van der Waals surface area contributed by atoms with Crippen molar-refractivity contribution in [3.63, 3.8) is 0 Å². The standard InChI is InChI=1S/C21H19NOS/c23-21(14-22-11-8-16(21)9-12-22)10-7-15-5-6-20-18(13-15)17-3-1-2-4-19(17)24-20/h1-6,13,16,23H,8-9,11-12,14H2. The van der Waals surface area contributed by atoms with Gasteiger partial charge in [0.2, 0.25) is 0 Å². The molecule has 0 amide bonds. The lowest BCUT2D eigenvalue weighted by Gasteiger charge is -2.47. The van der Waals surface area contributed by atoms with Gasteiger partial charge in [-0.25, -0.2) is 0 Å². The predicted octanol–water partition coefficient (Wildman–Crippen LogP) is 3.86. The smallest absolute Gasteiger partial charge is 0.141 e. The number of thiophene rings is 1. The van der Waals surface area contributed by atoms with E-state index in [1.165, 1.54) is 20.2 Å². The summed E-state index contributed by atoms with van der Waals surface area (Å²) in [4.78, 5) is 2.34. The van der Waals surface area contributed by atoms with Gasteiger partial charge in [-0.1, -0.05) is 30.0 Å². The molecule has 120 valence electrons. The average Bonchev–Trinajstić information content (AvgIpc) is 2.99. The van der Waals surface area contributed by atoms with Gasteiger partial charge in [-0.15, -0.1) is 11.3 Å². The van der Waals surface area contributed by atoms with Crippen molar-refractivity contribution in [3.05, 3.63) is 48.0 Å². The zero-order valence-corrected chi connectivity index (χ0v) is 14.3. The van der Waals surface area contributed by atoms with Gasteiger partial charge in [0.25, 0.3) is 0 Å². The number of benzene rings is 2. The maximum absolute atomic E-state index is 11.0. The first-order valence-electron chi connectivity index (χ1n) is 8.60. The molecule has 1 atom stereocenters. The van der Waals surface area contributed by atoms with Crippen molar-refractivity contribution < 1.29 is 5.11 Å². The molecule has 1 unspecified atom stereocenters. The number of rotatable bonds is 0. The van der Waals surface area contributed by atoms with E-state index >= 15 is 0 Å². The quantitative estimate of drug-likeness (QED) is 0.632. The highest BCUT2D eigenvalue weighted by atomic mass is 32.1. The highest BCUT2D eigenvalue weighted by Gasteiger charge is 2.44. The predicted molar refractivity (Wildman–Crippen MR) is 100 cm³/mol. The Hall–Kier alpha value is -1.86. The zero-order valence-electron chi connectivity index (χ0n) is 13.5. The lowest BCUT2D eigenvalue weighted by molar-refractivity contribution is -0.0713. The van der Waals surface area contributed by atoms with Crippen LogP contribution < -0.4 is 0 Å². The van der Waals surface area contributed by atoms with Gasteiger partial charge in [0.1, 0.15) is 5.60 Å². The Morgan fingerprint density at radius 1 is 1.04 bits per heavy atom. The van der Waals surface area contributed by atoms with E-state index in [-0.39, 0.29) is 0 Å². The van der Waals surface area contributed by atoms with Crippen molar-refractivity contribution in [2.24, 2.45) is 5.92 Å². The van der Waals surface area contributed by atoms with Gasteiger partial charge in [-0.2, -0.15) is 0 Å². The molecule has 0 aliphatic carbocycles. The maximum atomic E-state index is 11.0. The molecule has 0 spiro atoms. The third-order valence-corrected chi connectivity index (χ3v) is 6.68. The molecule has 2 bridgehead atoms. The molecule has 2 nitrogen and oxygen atoms in total. The number of aliphatic hydroxyl groups is 1. The second-order valence-electron chi connectivity index (χ2n) is 7.03. The van der Waals surface area contributed by atoms with Crippen molar-refractivity contribution in [2.75, 3.05) is 19.6 Å². The second-order valence-corrected chi connectivity index (χ2v) is 8.12.